The van der Waals surface area contributed by atoms with Crippen LogP contribution in [0.1, 0.15) is 11.1 Å². The highest BCUT2D eigenvalue weighted by Gasteiger charge is 2.20. The zero-order valence-corrected chi connectivity index (χ0v) is 25.2. The molecule has 0 spiro atoms. The molecule has 220 valence electrons. The van der Waals surface area contributed by atoms with Crippen molar-refractivity contribution in [3.63, 3.8) is 0 Å². The van der Waals surface area contributed by atoms with E-state index in [9.17, 15) is 0 Å². The van der Waals surface area contributed by atoms with Gasteiger partial charge in [-0.15, -0.1) is 0 Å². The number of para-hydroxylation sites is 3. The van der Waals surface area contributed by atoms with Crippen molar-refractivity contribution in [2.24, 2.45) is 0 Å². The van der Waals surface area contributed by atoms with Gasteiger partial charge in [-0.25, -0.2) is 19.9 Å². The van der Waals surface area contributed by atoms with Gasteiger partial charge in [0, 0.05) is 64.7 Å². The summed E-state index contributed by atoms with van der Waals surface area (Å²) in [6, 6.07) is 32.8. The summed E-state index contributed by atoms with van der Waals surface area (Å²) in [4.78, 5) is 19.0. The molecule has 0 atom stereocenters. The standard InChI is InChI=1S/C38H27N7O/c1-24-10-9-11-25(2)37(24)43-19-18-40-38(43)45-31-15-6-4-13-27(31)29-23-42-36(21-33(29)45)46-35-20-32-28(22-41-35)26-12-3-5-14-30(26)44(32)34-16-7-8-17-39-34/h3-23H,1-2H3. The molecule has 0 aliphatic heterocycles. The minimum absolute atomic E-state index is 0.439. The van der Waals surface area contributed by atoms with Crippen LogP contribution in [-0.2, 0) is 0 Å². The highest BCUT2D eigenvalue weighted by Crippen LogP contribution is 2.36. The van der Waals surface area contributed by atoms with Crippen molar-refractivity contribution in [2.45, 2.75) is 13.8 Å². The Balaban J connectivity index is 1.21. The minimum Gasteiger partial charge on any atom is -0.421 e. The van der Waals surface area contributed by atoms with Crippen LogP contribution in [0.2, 0.25) is 0 Å². The molecule has 0 amide bonds. The molecule has 6 aromatic heterocycles. The van der Waals surface area contributed by atoms with Gasteiger partial charge in [-0.05, 0) is 49.2 Å². The highest BCUT2D eigenvalue weighted by atomic mass is 16.5. The third-order valence-electron chi connectivity index (χ3n) is 8.66. The van der Waals surface area contributed by atoms with Crippen LogP contribution < -0.4 is 4.74 Å². The van der Waals surface area contributed by atoms with Gasteiger partial charge in [-0.1, -0.05) is 60.7 Å². The Morgan fingerprint density at radius 2 is 1.13 bits per heavy atom. The molecule has 0 N–H and O–H groups in total. The van der Waals surface area contributed by atoms with Crippen molar-refractivity contribution < 1.29 is 4.74 Å². The predicted molar refractivity (Wildman–Crippen MR) is 182 cm³/mol. The molecular weight excluding hydrogens is 570 g/mol. The molecular formula is C38H27N7O. The van der Waals surface area contributed by atoms with Crippen molar-refractivity contribution in [1.82, 2.24) is 33.6 Å². The number of pyridine rings is 3. The molecule has 46 heavy (non-hydrogen) atoms. The van der Waals surface area contributed by atoms with E-state index in [1.807, 2.05) is 73.3 Å². The van der Waals surface area contributed by atoms with Crippen LogP contribution in [0, 0.1) is 13.8 Å². The molecule has 0 radical (unpaired) electrons. The van der Waals surface area contributed by atoms with Crippen molar-refractivity contribution >= 4 is 43.6 Å². The average Bonchev–Trinajstić information content (AvgIpc) is 3.77. The van der Waals surface area contributed by atoms with E-state index in [4.69, 9.17) is 19.7 Å². The van der Waals surface area contributed by atoms with Gasteiger partial charge in [0.2, 0.25) is 17.7 Å². The maximum Gasteiger partial charge on any atom is 0.223 e. The topological polar surface area (TPSA) is 75.6 Å². The van der Waals surface area contributed by atoms with Crippen molar-refractivity contribution in [1.29, 1.82) is 0 Å². The summed E-state index contributed by atoms with van der Waals surface area (Å²) in [5, 5.41) is 4.23. The van der Waals surface area contributed by atoms with Gasteiger partial charge >= 0.3 is 0 Å². The van der Waals surface area contributed by atoms with Crippen LogP contribution in [-0.4, -0.2) is 33.6 Å². The van der Waals surface area contributed by atoms with Gasteiger partial charge in [-0.3, -0.25) is 13.7 Å². The van der Waals surface area contributed by atoms with Crippen LogP contribution in [0.25, 0.3) is 61.1 Å². The monoisotopic (exact) mass is 597 g/mol. The zero-order chi connectivity index (χ0) is 30.8. The lowest BCUT2D eigenvalue weighted by Crippen LogP contribution is -2.07. The lowest BCUT2D eigenvalue weighted by Gasteiger charge is -2.15. The number of aromatic nitrogens is 7. The van der Waals surface area contributed by atoms with Crippen molar-refractivity contribution in [3.05, 3.63) is 139 Å². The number of aryl methyl sites for hydroxylation is 2. The Morgan fingerprint density at radius 1 is 0.522 bits per heavy atom. The Kier molecular flexibility index (Phi) is 5.76. The maximum atomic E-state index is 6.41. The number of hydrogen-bond donors (Lipinski definition) is 0. The molecule has 0 aliphatic carbocycles. The smallest absolute Gasteiger partial charge is 0.223 e. The SMILES string of the molecule is Cc1cccc(C)c1-n1ccnc1-n1c2ccccc2c2cnc(Oc3cc4c(cn3)c3ccccc3n4-c3ccccn3)cc21. The number of nitrogens with zero attached hydrogens (tertiary/aromatic N) is 7. The second-order valence-electron chi connectivity index (χ2n) is 11.4. The Bertz CT molecular complexity index is 2570. The average molecular weight is 598 g/mol. The number of fused-ring (bicyclic) bond motifs is 6. The fourth-order valence-electron chi connectivity index (χ4n) is 6.68. The van der Waals surface area contributed by atoms with Crippen LogP contribution in [0.5, 0.6) is 11.8 Å². The van der Waals surface area contributed by atoms with E-state index in [0.29, 0.717) is 11.8 Å². The van der Waals surface area contributed by atoms with E-state index in [2.05, 4.69) is 81.1 Å². The molecule has 8 heteroatoms. The molecule has 3 aromatic carbocycles. The number of ether oxygens (including phenoxy) is 1. The Morgan fingerprint density at radius 3 is 1.78 bits per heavy atom. The first-order chi connectivity index (χ1) is 22.7. The summed E-state index contributed by atoms with van der Waals surface area (Å²) in [5.41, 5.74) is 7.45. The Labute approximate surface area is 263 Å². The zero-order valence-electron chi connectivity index (χ0n) is 25.2. The number of hydrogen-bond acceptors (Lipinski definition) is 5. The number of rotatable bonds is 5. The number of imidazole rings is 1. The summed E-state index contributed by atoms with van der Waals surface area (Å²) in [6.45, 7) is 4.26. The van der Waals surface area contributed by atoms with Gasteiger partial charge in [-0.2, -0.15) is 0 Å². The second kappa shape index (κ2) is 10.1. The summed E-state index contributed by atoms with van der Waals surface area (Å²) in [6.07, 6.45) is 9.41. The van der Waals surface area contributed by atoms with Gasteiger partial charge in [0.15, 0.2) is 0 Å². The van der Waals surface area contributed by atoms with Gasteiger partial charge in [0.1, 0.15) is 5.82 Å². The largest absolute Gasteiger partial charge is 0.421 e. The first kappa shape index (κ1) is 26.2. The van der Waals surface area contributed by atoms with E-state index in [1.54, 1.807) is 6.20 Å². The fraction of sp³-hybridized carbons (Fsp3) is 0.0526. The number of benzene rings is 3. The van der Waals surface area contributed by atoms with E-state index >= 15 is 0 Å². The van der Waals surface area contributed by atoms with E-state index in [-0.39, 0.29) is 0 Å². The molecule has 0 aliphatic rings. The summed E-state index contributed by atoms with van der Waals surface area (Å²) in [7, 11) is 0. The molecule has 0 saturated heterocycles. The normalized spacial score (nSPS) is 11.7. The highest BCUT2D eigenvalue weighted by molar-refractivity contribution is 6.10. The summed E-state index contributed by atoms with van der Waals surface area (Å²) >= 11 is 0. The molecule has 0 unspecified atom stereocenters. The van der Waals surface area contributed by atoms with Gasteiger partial charge < -0.3 is 4.74 Å². The molecule has 8 nitrogen and oxygen atoms in total. The third-order valence-corrected chi connectivity index (χ3v) is 8.66. The molecule has 0 saturated carbocycles. The molecule has 9 rings (SSSR count). The van der Waals surface area contributed by atoms with Crippen LogP contribution >= 0.6 is 0 Å². The fourth-order valence-corrected chi connectivity index (χ4v) is 6.68. The second-order valence-corrected chi connectivity index (χ2v) is 11.4. The maximum absolute atomic E-state index is 6.41. The molecule has 9 aromatic rings. The third kappa shape index (κ3) is 3.93. The first-order valence-electron chi connectivity index (χ1n) is 15.1. The van der Waals surface area contributed by atoms with Gasteiger partial charge in [0.05, 0.1) is 27.8 Å². The minimum atomic E-state index is 0.439. The van der Waals surface area contributed by atoms with Crippen molar-refractivity contribution in [2.75, 3.05) is 0 Å². The molecule has 6 heterocycles. The van der Waals surface area contributed by atoms with Gasteiger partial charge in [0.25, 0.3) is 0 Å². The van der Waals surface area contributed by atoms with Crippen molar-refractivity contribution in [3.8, 4) is 29.2 Å². The molecule has 0 fully saturated rings. The predicted octanol–water partition coefficient (Wildman–Crippen LogP) is 8.66. The summed E-state index contributed by atoms with van der Waals surface area (Å²) < 4.78 is 12.9. The van der Waals surface area contributed by atoms with E-state index in [0.717, 1.165) is 61.1 Å². The lowest BCUT2D eigenvalue weighted by molar-refractivity contribution is 0.446. The first-order valence-corrected chi connectivity index (χ1v) is 15.1. The Hall–Kier alpha value is -6.28. The van der Waals surface area contributed by atoms with E-state index < -0.39 is 0 Å². The van der Waals surface area contributed by atoms with Crippen LogP contribution in [0.4, 0.5) is 0 Å². The lowest BCUT2D eigenvalue weighted by atomic mass is 10.1. The van der Waals surface area contributed by atoms with Crippen LogP contribution in [0.15, 0.2) is 128 Å². The molecule has 0 bridgehead atoms. The van der Waals surface area contributed by atoms with Crippen LogP contribution in [0.3, 0.4) is 0 Å². The quantitative estimate of drug-likeness (QED) is 0.198. The van der Waals surface area contributed by atoms with E-state index in [1.165, 1.54) is 11.1 Å². The summed E-state index contributed by atoms with van der Waals surface area (Å²) in [5.74, 6) is 2.50.